The molecular weight excluding hydrogens is 219 g/mol. The van der Waals surface area contributed by atoms with Crippen molar-refractivity contribution in [2.75, 3.05) is 5.32 Å². The molecule has 5 heteroatoms. The average Bonchev–Trinajstić information content (AvgIpc) is 2.37. The van der Waals surface area contributed by atoms with Crippen LogP contribution in [0.5, 0.6) is 0 Å². The summed E-state index contributed by atoms with van der Waals surface area (Å²) in [5.41, 5.74) is 1.60. The van der Waals surface area contributed by atoms with Gasteiger partial charge in [0.25, 0.3) is 0 Å². The lowest BCUT2D eigenvalue weighted by Gasteiger charge is -2.05. The first-order valence-electron chi connectivity index (χ1n) is 4.98. The molecule has 84 valence electrons. The lowest BCUT2D eigenvalue weighted by Crippen LogP contribution is -2.02. The van der Waals surface area contributed by atoms with Gasteiger partial charge in [0, 0.05) is 12.6 Å². The van der Waals surface area contributed by atoms with E-state index in [9.17, 15) is 4.39 Å². The highest BCUT2D eigenvalue weighted by Gasteiger charge is 1.98. The van der Waals surface area contributed by atoms with Crippen LogP contribution in [0.2, 0.25) is 0 Å². The Balaban J connectivity index is 2.00. The van der Waals surface area contributed by atoms with E-state index in [1.165, 1.54) is 6.07 Å². The molecule has 1 aromatic heterocycles. The van der Waals surface area contributed by atoms with Crippen LogP contribution in [0.1, 0.15) is 11.1 Å². The number of nitrogens with zero attached hydrogens (tertiary/aromatic N) is 3. The lowest BCUT2D eigenvalue weighted by atomic mass is 10.1. The Hall–Kier alpha value is -2.48. The van der Waals surface area contributed by atoms with Gasteiger partial charge in [-0.05, 0) is 17.7 Å². The SMILES string of the molecule is N#Cc1ccc(CNc2cc(F)ncn2)cc1. The van der Waals surface area contributed by atoms with Gasteiger partial charge >= 0.3 is 0 Å². The third kappa shape index (κ3) is 2.98. The highest BCUT2D eigenvalue weighted by atomic mass is 19.1. The maximum absolute atomic E-state index is 12.8. The van der Waals surface area contributed by atoms with E-state index in [0.717, 1.165) is 11.9 Å². The molecule has 0 saturated heterocycles. The standard InChI is InChI=1S/C12H9FN4/c13-11-5-12(17-8-16-11)15-7-10-3-1-9(6-14)2-4-10/h1-5,8H,7H2,(H,15,16,17). The molecule has 0 radical (unpaired) electrons. The summed E-state index contributed by atoms with van der Waals surface area (Å²) in [4.78, 5) is 7.24. The zero-order valence-electron chi connectivity index (χ0n) is 8.89. The molecule has 2 rings (SSSR count). The number of nitriles is 1. The third-order valence-electron chi connectivity index (χ3n) is 2.19. The normalized spacial score (nSPS) is 9.65. The minimum absolute atomic E-state index is 0.432. The third-order valence-corrected chi connectivity index (χ3v) is 2.19. The van der Waals surface area contributed by atoms with Crippen molar-refractivity contribution < 1.29 is 4.39 Å². The number of benzene rings is 1. The van der Waals surface area contributed by atoms with Crippen LogP contribution in [-0.4, -0.2) is 9.97 Å². The van der Waals surface area contributed by atoms with Gasteiger partial charge in [-0.15, -0.1) is 0 Å². The Morgan fingerprint density at radius 3 is 2.65 bits per heavy atom. The summed E-state index contributed by atoms with van der Waals surface area (Å²) >= 11 is 0. The van der Waals surface area contributed by atoms with Crippen LogP contribution < -0.4 is 5.32 Å². The van der Waals surface area contributed by atoms with Crippen molar-refractivity contribution in [3.63, 3.8) is 0 Å². The molecule has 4 nitrogen and oxygen atoms in total. The molecule has 0 saturated carbocycles. The number of hydrogen-bond donors (Lipinski definition) is 1. The van der Waals surface area contributed by atoms with Crippen molar-refractivity contribution in [1.82, 2.24) is 9.97 Å². The summed E-state index contributed by atoms with van der Waals surface area (Å²) in [5, 5.41) is 11.6. The molecule has 0 aliphatic heterocycles. The lowest BCUT2D eigenvalue weighted by molar-refractivity contribution is 0.580. The van der Waals surface area contributed by atoms with Crippen LogP contribution in [0.25, 0.3) is 0 Å². The molecule has 1 heterocycles. The monoisotopic (exact) mass is 228 g/mol. The summed E-state index contributed by atoms with van der Waals surface area (Å²) in [6.07, 6.45) is 1.16. The van der Waals surface area contributed by atoms with Gasteiger partial charge in [0.05, 0.1) is 11.6 Å². The first-order chi connectivity index (χ1) is 8.28. The molecule has 17 heavy (non-hydrogen) atoms. The van der Waals surface area contributed by atoms with E-state index in [-0.39, 0.29) is 0 Å². The first-order valence-corrected chi connectivity index (χ1v) is 4.98. The number of anilines is 1. The van der Waals surface area contributed by atoms with Crippen molar-refractivity contribution in [2.45, 2.75) is 6.54 Å². The Morgan fingerprint density at radius 2 is 2.00 bits per heavy atom. The number of rotatable bonds is 3. The Kier molecular flexibility index (Phi) is 3.26. The van der Waals surface area contributed by atoms with Gasteiger partial charge in [-0.3, -0.25) is 0 Å². The van der Waals surface area contributed by atoms with Gasteiger partial charge in [-0.1, -0.05) is 12.1 Å². The van der Waals surface area contributed by atoms with Crippen LogP contribution >= 0.6 is 0 Å². The van der Waals surface area contributed by atoms with Crippen molar-refractivity contribution >= 4 is 5.82 Å². The molecule has 0 amide bonds. The predicted molar refractivity (Wildman–Crippen MR) is 60.5 cm³/mol. The van der Waals surface area contributed by atoms with E-state index >= 15 is 0 Å². The number of halogens is 1. The molecule has 0 spiro atoms. The van der Waals surface area contributed by atoms with Crippen molar-refractivity contribution in [2.24, 2.45) is 0 Å². The Morgan fingerprint density at radius 1 is 1.24 bits per heavy atom. The molecule has 0 aliphatic rings. The van der Waals surface area contributed by atoms with E-state index < -0.39 is 5.95 Å². The molecule has 1 aromatic carbocycles. The predicted octanol–water partition coefficient (Wildman–Crippen LogP) is 2.10. The number of nitrogens with one attached hydrogen (secondary N) is 1. The van der Waals surface area contributed by atoms with Gasteiger partial charge in [0.2, 0.25) is 5.95 Å². The molecular formula is C12H9FN4. The Labute approximate surface area is 97.8 Å². The zero-order valence-corrected chi connectivity index (χ0v) is 8.89. The summed E-state index contributed by atoms with van der Waals surface area (Å²) in [5.74, 6) is -0.135. The van der Waals surface area contributed by atoms with E-state index in [1.54, 1.807) is 12.1 Å². The second kappa shape index (κ2) is 5.03. The molecule has 0 fully saturated rings. The van der Waals surface area contributed by atoms with Crippen LogP contribution in [0.4, 0.5) is 10.2 Å². The molecule has 0 unspecified atom stereocenters. The smallest absolute Gasteiger partial charge is 0.217 e. The molecule has 0 aliphatic carbocycles. The van der Waals surface area contributed by atoms with Gasteiger partial charge in [-0.2, -0.15) is 9.65 Å². The highest BCUT2D eigenvalue weighted by molar-refractivity contribution is 5.36. The fraction of sp³-hybridized carbons (Fsp3) is 0.0833. The van der Waals surface area contributed by atoms with E-state index in [4.69, 9.17) is 5.26 Å². The second-order valence-electron chi connectivity index (χ2n) is 3.39. The summed E-state index contributed by atoms with van der Waals surface area (Å²) in [7, 11) is 0. The maximum Gasteiger partial charge on any atom is 0.217 e. The van der Waals surface area contributed by atoms with E-state index in [2.05, 4.69) is 15.3 Å². The molecule has 2 aromatic rings. The van der Waals surface area contributed by atoms with Crippen LogP contribution in [0, 0.1) is 17.3 Å². The van der Waals surface area contributed by atoms with Crippen molar-refractivity contribution in [3.05, 3.63) is 53.7 Å². The summed E-state index contributed by atoms with van der Waals surface area (Å²) in [6, 6.07) is 10.4. The Bertz CT molecular complexity index is 545. The quantitative estimate of drug-likeness (QED) is 0.817. The maximum atomic E-state index is 12.8. The number of aromatic nitrogens is 2. The topological polar surface area (TPSA) is 61.6 Å². The fourth-order valence-electron chi connectivity index (χ4n) is 1.32. The largest absolute Gasteiger partial charge is 0.366 e. The highest BCUT2D eigenvalue weighted by Crippen LogP contribution is 2.07. The summed E-state index contributed by atoms with van der Waals surface area (Å²) < 4.78 is 12.8. The van der Waals surface area contributed by atoms with Crippen LogP contribution in [0.15, 0.2) is 36.7 Å². The van der Waals surface area contributed by atoms with Gasteiger partial charge < -0.3 is 5.32 Å². The van der Waals surface area contributed by atoms with E-state index in [0.29, 0.717) is 17.9 Å². The number of hydrogen-bond acceptors (Lipinski definition) is 4. The molecule has 0 bridgehead atoms. The zero-order chi connectivity index (χ0) is 12.1. The average molecular weight is 228 g/mol. The van der Waals surface area contributed by atoms with Gasteiger partial charge in [-0.25, -0.2) is 9.97 Å². The van der Waals surface area contributed by atoms with Gasteiger partial charge in [0.15, 0.2) is 0 Å². The van der Waals surface area contributed by atoms with Crippen LogP contribution in [0.3, 0.4) is 0 Å². The van der Waals surface area contributed by atoms with Crippen molar-refractivity contribution in [3.8, 4) is 6.07 Å². The molecule has 0 atom stereocenters. The van der Waals surface area contributed by atoms with Crippen LogP contribution in [-0.2, 0) is 6.54 Å². The second-order valence-corrected chi connectivity index (χ2v) is 3.39. The summed E-state index contributed by atoms with van der Waals surface area (Å²) in [6.45, 7) is 0.516. The molecule has 1 N–H and O–H groups in total. The minimum atomic E-state index is -0.567. The van der Waals surface area contributed by atoms with Gasteiger partial charge in [0.1, 0.15) is 12.1 Å². The van der Waals surface area contributed by atoms with Crippen molar-refractivity contribution in [1.29, 1.82) is 5.26 Å². The fourth-order valence-corrected chi connectivity index (χ4v) is 1.32. The van der Waals surface area contributed by atoms with E-state index in [1.807, 2.05) is 18.2 Å². The first kappa shape index (κ1) is 11.0. The minimum Gasteiger partial charge on any atom is -0.366 e.